The first-order valence-corrected chi connectivity index (χ1v) is 11.5. The molecule has 168 valence electrons. The van der Waals surface area contributed by atoms with Crippen molar-refractivity contribution in [1.82, 2.24) is 15.1 Å². The van der Waals surface area contributed by atoms with Crippen LogP contribution in [0.3, 0.4) is 0 Å². The fraction of sp³-hybridized carbons (Fsp3) is 0.423. The average Bonchev–Trinajstić information content (AvgIpc) is 3.02. The maximum atomic E-state index is 12.9. The largest absolute Gasteiger partial charge is 0.352 e. The van der Waals surface area contributed by atoms with Crippen LogP contribution < -0.4 is 5.32 Å². The number of benzene rings is 2. The standard InChI is InChI=1S/C26H31N3O3/c1-18-7-5-9-20(15-18)17-29-25(31)22-11-10-21(16-23(22)26(29)32)24(30)27-12-6-14-28-13-4-3-8-19(28)2/h5,7,9-11,15-16,19H,3-4,6,8,12-14,17H2,1-2H3,(H,27,30). The predicted molar refractivity (Wildman–Crippen MR) is 124 cm³/mol. The second-order valence-corrected chi connectivity index (χ2v) is 8.94. The molecule has 4 rings (SSSR count). The predicted octanol–water partition coefficient (Wildman–Crippen LogP) is 3.79. The van der Waals surface area contributed by atoms with Crippen LogP contribution in [0.2, 0.25) is 0 Å². The van der Waals surface area contributed by atoms with E-state index < -0.39 is 0 Å². The molecule has 0 saturated carbocycles. The van der Waals surface area contributed by atoms with E-state index in [0.717, 1.165) is 30.6 Å². The van der Waals surface area contributed by atoms with Gasteiger partial charge in [0.25, 0.3) is 17.7 Å². The first-order chi connectivity index (χ1) is 15.4. The number of imide groups is 1. The minimum absolute atomic E-state index is 0.211. The molecule has 0 aliphatic carbocycles. The summed E-state index contributed by atoms with van der Waals surface area (Å²) in [5.74, 6) is -0.869. The van der Waals surface area contributed by atoms with Gasteiger partial charge in [-0.25, -0.2) is 0 Å². The summed E-state index contributed by atoms with van der Waals surface area (Å²) in [6.07, 6.45) is 4.69. The summed E-state index contributed by atoms with van der Waals surface area (Å²) in [4.78, 5) is 42.0. The summed E-state index contributed by atoms with van der Waals surface area (Å²) in [6, 6.07) is 13.1. The van der Waals surface area contributed by atoms with Crippen molar-refractivity contribution < 1.29 is 14.4 Å². The lowest BCUT2D eigenvalue weighted by atomic mass is 10.0. The van der Waals surface area contributed by atoms with E-state index in [1.165, 1.54) is 24.2 Å². The van der Waals surface area contributed by atoms with Crippen LogP contribution in [-0.2, 0) is 6.54 Å². The number of piperidine rings is 1. The minimum atomic E-state index is -0.347. The lowest BCUT2D eigenvalue weighted by Crippen LogP contribution is -2.39. The van der Waals surface area contributed by atoms with Crippen molar-refractivity contribution in [3.05, 3.63) is 70.3 Å². The maximum absolute atomic E-state index is 12.9. The number of amides is 3. The number of nitrogens with one attached hydrogen (secondary N) is 1. The molecular weight excluding hydrogens is 402 g/mol. The highest BCUT2D eigenvalue weighted by Crippen LogP contribution is 2.26. The number of fused-ring (bicyclic) bond motifs is 1. The third-order valence-corrected chi connectivity index (χ3v) is 6.50. The van der Waals surface area contributed by atoms with E-state index in [9.17, 15) is 14.4 Å². The third-order valence-electron chi connectivity index (χ3n) is 6.50. The normalized spacial score (nSPS) is 18.7. The van der Waals surface area contributed by atoms with Gasteiger partial charge in [-0.15, -0.1) is 0 Å². The molecule has 2 aliphatic heterocycles. The van der Waals surface area contributed by atoms with Crippen molar-refractivity contribution in [3.63, 3.8) is 0 Å². The van der Waals surface area contributed by atoms with Gasteiger partial charge in [0.05, 0.1) is 17.7 Å². The van der Waals surface area contributed by atoms with Crippen LogP contribution in [0.1, 0.15) is 74.8 Å². The van der Waals surface area contributed by atoms with E-state index in [1.807, 2.05) is 31.2 Å². The monoisotopic (exact) mass is 433 g/mol. The second-order valence-electron chi connectivity index (χ2n) is 8.94. The summed E-state index contributed by atoms with van der Waals surface area (Å²) in [5.41, 5.74) is 3.05. The Kier molecular flexibility index (Phi) is 6.70. The fourth-order valence-electron chi connectivity index (χ4n) is 4.64. The average molecular weight is 434 g/mol. The van der Waals surface area contributed by atoms with Gasteiger partial charge < -0.3 is 10.2 Å². The Hall–Kier alpha value is -2.99. The van der Waals surface area contributed by atoms with Gasteiger partial charge in [-0.1, -0.05) is 36.2 Å². The van der Waals surface area contributed by atoms with Crippen LogP contribution in [0, 0.1) is 6.92 Å². The second kappa shape index (κ2) is 9.65. The van der Waals surface area contributed by atoms with Gasteiger partial charge in [0.2, 0.25) is 0 Å². The lowest BCUT2D eigenvalue weighted by Gasteiger charge is -2.33. The van der Waals surface area contributed by atoms with Gasteiger partial charge in [0.15, 0.2) is 0 Å². The van der Waals surface area contributed by atoms with Crippen molar-refractivity contribution in [2.45, 2.75) is 52.1 Å². The molecule has 0 aromatic heterocycles. The molecule has 0 radical (unpaired) electrons. The van der Waals surface area contributed by atoms with E-state index in [1.54, 1.807) is 18.2 Å². The topological polar surface area (TPSA) is 69.7 Å². The van der Waals surface area contributed by atoms with E-state index in [4.69, 9.17) is 0 Å². The minimum Gasteiger partial charge on any atom is -0.352 e. The number of likely N-dealkylation sites (tertiary alicyclic amines) is 1. The smallest absolute Gasteiger partial charge is 0.261 e. The number of aryl methyl sites for hydroxylation is 1. The summed E-state index contributed by atoms with van der Waals surface area (Å²) in [7, 11) is 0. The van der Waals surface area contributed by atoms with Crippen molar-refractivity contribution in [2.75, 3.05) is 19.6 Å². The molecule has 3 amide bonds. The number of rotatable bonds is 7. The van der Waals surface area contributed by atoms with Gasteiger partial charge in [-0.2, -0.15) is 0 Å². The molecule has 1 unspecified atom stereocenters. The molecule has 1 saturated heterocycles. The first kappa shape index (κ1) is 22.2. The molecule has 0 bridgehead atoms. The molecule has 1 N–H and O–H groups in total. The number of carbonyl (C=O) groups excluding carboxylic acids is 3. The summed E-state index contributed by atoms with van der Waals surface area (Å²) in [5, 5.41) is 2.95. The molecular formula is C26H31N3O3. The number of carbonyl (C=O) groups is 3. The maximum Gasteiger partial charge on any atom is 0.261 e. The molecule has 0 spiro atoms. The molecule has 2 heterocycles. The number of nitrogens with zero attached hydrogens (tertiary/aromatic N) is 2. The number of hydrogen-bond donors (Lipinski definition) is 1. The van der Waals surface area contributed by atoms with E-state index in [0.29, 0.717) is 29.3 Å². The molecule has 2 aliphatic rings. The Bertz CT molecular complexity index is 1030. The van der Waals surface area contributed by atoms with Gasteiger partial charge in [0.1, 0.15) is 0 Å². The highest BCUT2D eigenvalue weighted by molar-refractivity contribution is 6.22. The van der Waals surface area contributed by atoms with Crippen LogP contribution in [0.15, 0.2) is 42.5 Å². The van der Waals surface area contributed by atoms with Gasteiger partial charge >= 0.3 is 0 Å². The van der Waals surface area contributed by atoms with Crippen LogP contribution in [0.25, 0.3) is 0 Å². The molecule has 1 atom stereocenters. The Morgan fingerprint density at radius 1 is 1.06 bits per heavy atom. The van der Waals surface area contributed by atoms with Crippen molar-refractivity contribution in [3.8, 4) is 0 Å². The molecule has 6 nitrogen and oxygen atoms in total. The Morgan fingerprint density at radius 3 is 2.66 bits per heavy atom. The summed E-state index contributed by atoms with van der Waals surface area (Å²) in [6.45, 7) is 7.17. The van der Waals surface area contributed by atoms with Crippen LogP contribution in [-0.4, -0.2) is 53.2 Å². The lowest BCUT2D eigenvalue weighted by molar-refractivity contribution is 0.0642. The highest BCUT2D eigenvalue weighted by Gasteiger charge is 2.36. The van der Waals surface area contributed by atoms with E-state index >= 15 is 0 Å². The molecule has 1 fully saturated rings. The molecule has 32 heavy (non-hydrogen) atoms. The molecule has 2 aromatic rings. The SMILES string of the molecule is Cc1cccc(CN2C(=O)c3ccc(C(=O)NCCCN4CCCCC4C)cc3C2=O)c1. The zero-order valence-corrected chi connectivity index (χ0v) is 18.9. The quantitative estimate of drug-likeness (QED) is 0.533. The van der Waals surface area contributed by atoms with E-state index in [2.05, 4.69) is 17.1 Å². The third kappa shape index (κ3) is 4.75. The highest BCUT2D eigenvalue weighted by atomic mass is 16.2. The van der Waals surface area contributed by atoms with Crippen LogP contribution in [0.5, 0.6) is 0 Å². The fourth-order valence-corrected chi connectivity index (χ4v) is 4.64. The molecule has 6 heteroatoms. The van der Waals surface area contributed by atoms with Crippen LogP contribution >= 0.6 is 0 Å². The Morgan fingerprint density at radius 2 is 1.88 bits per heavy atom. The van der Waals surface area contributed by atoms with Gasteiger partial charge in [-0.3, -0.25) is 19.3 Å². The Balaban J connectivity index is 1.36. The first-order valence-electron chi connectivity index (χ1n) is 11.5. The van der Waals surface area contributed by atoms with Crippen molar-refractivity contribution in [2.24, 2.45) is 0 Å². The zero-order valence-electron chi connectivity index (χ0n) is 18.9. The van der Waals surface area contributed by atoms with Gasteiger partial charge in [0, 0.05) is 24.7 Å². The van der Waals surface area contributed by atoms with E-state index in [-0.39, 0.29) is 24.3 Å². The van der Waals surface area contributed by atoms with Crippen molar-refractivity contribution in [1.29, 1.82) is 0 Å². The van der Waals surface area contributed by atoms with Gasteiger partial charge in [-0.05, 0) is 63.4 Å². The Labute approximate surface area is 189 Å². The number of hydrogen-bond acceptors (Lipinski definition) is 4. The van der Waals surface area contributed by atoms with Crippen molar-refractivity contribution >= 4 is 17.7 Å². The summed E-state index contributed by atoms with van der Waals surface area (Å²) < 4.78 is 0. The zero-order chi connectivity index (χ0) is 22.7. The summed E-state index contributed by atoms with van der Waals surface area (Å²) >= 11 is 0. The van der Waals surface area contributed by atoms with Crippen LogP contribution in [0.4, 0.5) is 0 Å². The molecule has 2 aromatic carbocycles.